The van der Waals surface area contributed by atoms with Crippen molar-refractivity contribution in [2.24, 2.45) is 5.41 Å². The number of morpholine rings is 1. The van der Waals surface area contributed by atoms with Gasteiger partial charge in [0.05, 0.1) is 13.2 Å². The summed E-state index contributed by atoms with van der Waals surface area (Å²) in [4.78, 5) is 2.35. The fourth-order valence-electron chi connectivity index (χ4n) is 1.41. The number of aliphatic hydroxyl groups is 1. The molecule has 0 aliphatic carbocycles. The highest BCUT2D eigenvalue weighted by atomic mass is 35.5. The molecule has 4 heteroatoms. The minimum atomic E-state index is 0. The molecule has 1 N–H and O–H groups in total. The van der Waals surface area contributed by atoms with Crippen molar-refractivity contribution in [2.45, 2.75) is 13.8 Å². The van der Waals surface area contributed by atoms with E-state index >= 15 is 0 Å². The average Bonchev–Trinajstić information content (AvgIpc) is 2.06. The van der Waals surface area contributed by atoms with Crippen molar-refractivity contribution < 1.29 is 9.84 Å². The zero-order valence-electron chi connectivity index (χ0n) is 8.45. The van der Waals surface area contributed by atoms with E-state index in [1.807, 2.05) is 0 Å². The average molecular weight is 210 g/mol. The van der Waals surface area contributed by atoms with Gasteiger partial charge in [0.1, 0.15) is 0 Å². The molecule has 80 valence electrons. The van der Waals surface area contributed by atoms with Crippen LogP contribution in [0, 0.1) is 5.41 Å². The van der Waals surface area contributed by atoms with Crippen LogP contribution in [0.15, 0.2) is 0 Å². The molecule has 0 radical (unpaired) electrons. The third-order valence-corrected chi connectivity index (χ3v) is 2.18. The van der Waals surface area contributed by atoms with Crippen molar-refractivity contribution in [1.29, 1.82) is 0 Å². The molecule has 0 atom stereocenters. The summed E-state index contributed by atoms with van der Waals surface area (Å²) in [6, 6.07) is 0. The highest BCUT2D eigenvalue weighted by Gasteiger charge is 2.21. The number of ether oxygens (including phenoxy) is 1. The Labute approximate surface area is 86.5 Å². The van der Waals surface area contributed by atoms with E-state index in [9.17, 15) is 0 Å². The van der Waals surface area contributed by atoms with Crippen LogP contribution in [-0.2, 0) is 4.74 Å². The molecule has 0 saturated carbocycles. The van der Waals surface area contributed by atoms with E-state index in [1.165, 1.54) is 0 Å². The Hall–Kier alpha value is 0.170. The van der Waals surface area contributed by atoms with Gasteiger partial charge in [-0.15, -0.1) is 12.4 Å². The molecule has 1 aliphatic heterocycles. The maximum atomic E-state index is 9.07. The Balaban J connectivity index is 0.00000144. The van der Waals surface area contributed by atoms with E-state index in [1.54, 1.807) is 0 Å². The Morgan fingerprint density at radius 1 is 1.31 bits per heavy atom. The van der Waals surface area contributed by atoms with Gasteiger partial charge >= 0.3 is 0 Å². The molecule has 1 aliphatic rings. The monoisotopic (exact) mass is 209 g/mol. The summed E-state index contributed by atoms with van der Waals surface area (Å²) in [6.07, 6.45) is 0. The Bertz CT molecular complexity index is 136. The molecule has 0 aromatic rings. The number of halogens is 1. The third-order valence-electron chi connectivity index (χ3n) is 2.18. The fraction of sp³-hybridized carbons (Fsp3) is 1.00. The lowest BCUT2D eigenvalue weighted by molar-refractivity contribution is 0.0109. The molecule has 13 heavy (non-hydrogen) atoms. The van der Waals surface area contributed by atoms with Gasteiger partial charge in [0, 0.05) is 31.7 Å². The number of rotatable bonds is 3. The van der Waals surface area contributed by atoms with Crippen LogP contribution >= 0.6 is 12.4 Å². The lowest BCUT2D eigenvalue weighted by Crippen LogP contribution is -2.43. The van der Waals surface area contributed by atoms with E-state index in [0.717, 1.165) is 32.8 Å². The summed E-state index contributed by atoms with van der Waals surface area (Å²) in [6.45, 7) is 9.07. The first-order valence-corrected chi connectivity index (χ1v) is 4.55. The van der Waals surface area contributed by atoms with Gasteiger partial charge in [-0.05, 0) is 0 Å². The van der Waals surface area contributed by atoms with Crippen LogP contribution in [0.4, 0.5) is 0 Å². The standard InChI is InChI=1S/C9H19NO2.ClH/c1-9(2,8-11)7-10-3-5-12-6-4-10;/h11H,3-8H2,1-2H3;1H. The molecule has 0 unspecified atom stereocenters. The van der Waals surface area contributed by atoms with Crippen molar-refractivity contribution in [3.63, 3.8) is 0 Å². The molecule has 0 aromatic heterocycles. The first kappa shape index (κ1) is 13.2. The second-order valence-corrected chi connectivity index (χ2v) is 4.21. The van der Waals surface area contributed by atoms with Gasteiger partial charge in [0.25, 0.3) is 0 Å². The maximum absolute atomic E-state index is 9.07. The molecular formula is C9H20ClNO2. The SMILES string of the molecule is CC(C)(CO)CN1CCOCC1.Cl. The zero-order chi connectivity index (χ0) is 9.03. The quantitative estimate of drug-likeness (QED) is 0.745. The Kier molecular flexibility index (Phi) is 5.88. The van der Waals surface area contributed by atoms with E-state index in [0.29, 0.717) is 0 Å². The summed E-state index contributed by atoms with van der Waals surface area (Å²) < 4.78 is 5.24. The molecule has 0 amide bonds. The van der Waals surface area contributed by atoms with Gasteiger partial charge in [-0.1, -0.05) is 13.8 Å². The number of hydrogen-bond donors (Lipinski definition) is 1. The van der Waals surface area contributed by atoms with Crippen LogP contribution in [0.2, 0.25) is 0 Å². The molecular weight excluding hydrogens is 190 g/mol. The van der Waals surface area contributed by atoms with Gasteiger partial charge in [0.15, 0.2) is 0 Å². The second-order valence-electron chi connectivity index (χ2n) is 4.21. The first-order chi connectivity index (χ1) is 5.64. The third kappa shape index (κ3) is 4.81. The van der Waals surface area contributed by atoms with E-state index < -0.39 is 0 Å². The van der Waals surface area contributed by atoms with Crippen LogP contribution in [0.3, 0.4) is 0 Å². The summed E-state index contributed by atoms with van der Waals surface area (Å²) in [5.74, 6) is 0. The minimum absolute atomic E-state index is 0. The number of aliphatic hydroxyl groups excluding tert-OH is 1. The van der Waals surface area contributed by atoms with Gasteiger partial charge in [-0.2, -0.15) is 0 Å². The van der Waals surface area contributed by atoms with Crippen molar-refractivity contribution in [3.8, 4) is 0 Å². The highest BCUT2D eigenvalue weighted by Crippen LogP contribution is 2.16. The smallest absolute Gasteiger partial charge is 0.0594 e. The molecule has 0 bridgehead atoms. The van der Waals surface area contributed by atoms with Gasteiger partial charge in [0.2, 0.25) is 0 Å². The number of nitrogens with zero attached hydrogens (tertiary/aromatic N) is 1. The summed E-state index contributed by atoms with van der Waals surface area (Å²) in [5.41, 5.74) is 0.0251. The first-order valence-electron chi connectivity index (χ1n) is 4.55. The largest absolute Gasteiger partial charge is 0.396 e. The zero-order valence-corrected chi connectivity index (χ0v) is 9.27. The van der Waals surface area contributed by atoms with Crippen molar-refractivity contribution in [1.82, 2.24) is 4.90 Å². The molecule has 1 saturated heterocycles. The normalized spacial score (nSPS) is 19.6. The lowest BCUT2D eigenvalue weighted by atomic mass is 9.94. The van der Waals surface area contributed by atoms with E-state index in [-0.39, 0.29) is 24.4 Å². The van der Waals surface area contributed by atoms with Crippen LogP contribution < -0.4 is 0 Å². The van der Waals surface area contributed by atoms with Gasteiger partial charge < -0.3 is 9.84 Å². The van der Waals surface area contributed by atoms with Crippen molar-refractivity contribution in [3.05, 3.63) is 0 Å². The molecule has 3 nitrogen and oxygen atoms in total. The summed E-state index contributed by atoms with van der Waals surface area (Å²) in [5, 5.41) is 9.07. The summed E-state index contributed by atoms with van der Waals surface area (Å²) in [7, 11) is 0. The molecule has 0 spiro atoms. The van der Waals surface area contributed by atoms with Gasteiger partial charge in [-0.25, -0.2) is 0 Å². The van der Waals surface area contributed by atoms with E-state index in [4.69, 9.17) is 9.84 Å². The molecule has 0 aromatic carbocycles. The van der Waals surface area contributed by atoms with Crippen molar-refractivity contribution >= 4 is 12.4 Å². The minimum Gasteiger partial charge on any atom is -0.396 e. The maximum Gasteiger partial charge on any atom is 0.0594 e. The Morgan fingerprint density at radius 2 is 1.85 bits per heavy atom. The second kappa shape index (κ2) is 5.81. The fourth-order valence-corrected chi connectivity index (χ4v) is 1.41. The van der Waals surface area contributed by atoms with Gasteiger partial charge in [-0.3, -0.25) is 4.90 Å². The molecule has 1 fully saturated rings. The molecule has 1 heterocycles. The topological polar surface area (TPSA) is 32.7 Å². The van der Waals surface area contributed by atoms with Crippen LogP contribution in [-0.4, -0.2) is 49.5 Å². The number of hydrogen-bond acceptors (Lipinski definition) is 3. The van der Waals surface area contributed by atoms with Crippen LogP contribution in [0.25, 0.3) is 0 Å². The van der Waals surface area contributed by atoms with E-state index in [2.05, 4.69) is 18.7 Å². The van der Waals surface area contributed by atoms with Crippen LogP contribution in [0.5, 0.6) is 0 Å². The predicted octanol–water partition coefficient (Wildman–Crippen LogP) is 0.759. The Morgan fingerprint density at radius 3 is 2.31 bits per heavy atom. The summed E-state index contributed by atoms with van der Waals surface area (Å²) >= 11 is 0. The molecule has 1 rings (SSSR count). The van der Waals surface area contributed by atoms with Crippen molar-refractivity contribution in [2.75, 3.05) is 39.5 Å². The highest BCUT2D eigenvalue weighted by molar-refractivity contribution is 5.85. The van der Waals surface area contributed by atoms with Crippen LogP contribution in [0.1, 0.15) is 13.8 Å². The predicted molar refractivity (Wildman–Crippen MR) is 55.4 cm³/mol. The lowest BCUT2D eigenvalue weighted by Gasteiger charge is -2.33.